The summed E-state index contributed by atoms with van der Waals surface area (Å²) in [4.78, 5) is 31.3. The highest BCUT2D eigenvalue weighted by molar-refractivity contribution is 7.18. The van der Waals surface area contributed by atoms with Crippen LogP contribution in [-0.4, -0.2) is 39.5 Å². The number of aromatic nitrogens is 2. The minimum Gasteiger partial charge on any atom is -0.449 e. The van der Waals surface area contributed by atoms with Crippen LogP contribution in [-0.2, 0) is 22.6 Å². The summed E-state index contributed by atoms with van der Waals surface area (Å²) in [5, 5.41) is 0.849. The van der Waals surface area contributed by atoms with Crippen LogP contribution >= 0.6 is 11.3 Å². The van der Waals surface area contributed by atoms with E-state index in [1.165, 1.54) is 0 Å². The van der Waals surface area contributed by atoms with Crippen molar-refractivity contribution in [3.63, 3.8) is 0 Å². The van der Waals surface area contributed by atoms with Crippen molar-refractivity contribution >= 4 is 33.4 Å². The molecule has 0 spiro atoms. The number of hydrogen-bond donors (Lipinski definition) is 0. The molecule has 0 aliphatic heterocycles. The molecule has 148 valence electrons. The Morgan fingerprint density at radius 1 is 1.29 bits per heavy atom. The van der Waals surface area contributed by atoms with Gasteiger partial charge in [0.2, 0.25) is 0 Å². The topological polar surface area (TPSA) is 64.4 Å². The molecule has 0 bridgehead atoms. The minimum atomic E-state index is -0.864. The SMILES string of the molecule is CCn1c(C)cc(C(=O)OC(C)C(=O)N(C)Cc2nc3ccccc3s2)c1C. The van der Waals surface area contributed by atoms with Gasteiger partial charge in [0.1, 0.15) is 5.01 Å². The Bertz CT molecular complexity index is 988. The molecule has 0 saturated carbocycles. The fourth-order valence-corrected chi connectivity index (χ4v) is 4.37. The van der Waals surface area contributed by atoms with E-state index in [1.807, 2.05) is 55.7 Å². The lowest BCUT2D eigenvalue weighted by molar-refractivity contribution is -0.139. The summed E-state index contributed by atoms with van der Waals surface area (Å²) in [6.45, 7) is 8.63. The predicted molar refractivity (Wildman–Crippen MR) is 111 cm³/mol. The van der Waals surface area contributed by atoms with Gasteiger partial charge in [0.25, 0.3) is 5.91 Å². The van der Waals surface area contributed by atoms with Crippen LogP contribution in [0.4, 0.5) is 0 Å². The fourth-order valence-electron chi connectivity index (χ4n) is 3.35. The Kier molecular flexibility index (Phi) is 5.84. The molecule has 7 heteroatoms. The van der Waals surface area contributed by atoms with Crippen molar-refractivity contribution in [1.82, 2.24) is 14.5 Å². The number of esters is 1. The maximum atomic E-state index is 12.7. The normalized spacial score (nSPS) is 12.2. The van der Waals surface area contributed by atoms with Crippen molar-refractivity contribution in [2.45, 2.75) is 46.9 Å². The minimum absolute atomic E-state index is 0.253. The molecule has 2 heterocycles. The number of nitrogens with zero attached hydrogens (tertiary/aromatic N) is 3. The molecule has 0 aliphatic rings. The summed E-state index contributed by atoms with van der Waals surface area (Å²) in [5.74, 6) is -0.723. The highest BCUT2D eigenvalue weighted by Crippen LogP contribution is 2.23. The lowest BCUT2D eigenvalue weighted by Gasteiger charge is -2.20. The van der Waals surface area contributed by atoms with Gasteiger partial charge >= 0.3 is 5.97 Å². The fraction of sp³-hybridized carbons (Fsp3) is 0.381. The average Bonchev–Trinajstić information content (AvgIpc) is 3.20. The zero-order valence-electron chi connectivity index (χ0n) is 16.9. The standard InChI is InChI=1S/C21H25N3O3S/c1-6-24-13(2)11-16(14(24)3)21(26)27-15(4)20(25)23(5)12-19-22-17-9-7-8-10-18(17)28-19/h7-11,15H,6,12H2,1-5H3. The Balaban J connectivity index is 1.65. The molecule has 3 aromatic rings. The molecule has 2 aromatic heterocycles. The van der Waals surface area contributed by atoms with Gasteiger partial charge in [-0.3, -0.25) is 4.79 Å². The van der Waals surface area contributed by atoms with E-state index >= 15 is 0 Å². The van der Waals surface area contributed by atoms with Gasteiger partial charge in [0.15, 0.2) is 6.10 Å². The summed E-state index contributed by atoms with van der Waals surface area (Å²) >= 11 is 1.56. The van der Waals surface area contributed by atoms with Crippen molar-refractivity contribution in [2.75, 3.05) is 7.05 Å². The van der Waals surface area contributed by atoms with E-state index in [2.05, 4.69) is 4.98 Å². The molecule has 0 saturated heterocycles. The molecule has 1 atom stereocenters. The second-order valence-electron chi connectivity index (χ2n) is 6.85. The molecular weight excluding hydrogens is 374 g/mol. The Morgan fingerprint density at radius 3 is 2.64 bits per heavy atom. The van der Waals surface area contributed by atoms with Gasteiger partial charge in [-0.25, -0.2) is 9.78 Å². The van der Waals surface area contributed by atoms with Crippen LogP contribution in [0.15, 0.2) is 30.3 Å². The predicted octanol–water partition coefficient (Wildman–Crippen LogP) is 3.94. The lowest BCUT2D eigenvalue weighted by Crippen LogP contribution is -2.37. The number of hydrogen-bond acceptors (Lipinski definition) is 5. The molecule has 0 aliphatic carbocycles. The van der Waals surface area contributed by atoms with Crippen molar-refractivity contribution < 1.29 is 14.3 Å². The van der Waals surface area contributed by atoms with Crippen LogP contribution in [0.1, 0.15) is 40.6 Å². The smallest absolute Gasteiger partial charge is 0.340 e. The van der Waals surface area contributed by atoms with Crippen LogP contribution < -0.4 is 0 Å². The third kappa shape index (κ3) is 3.94. The van der Waals surface area contributed by atoms with E-state index in [9.17, 15) is 9.59 Å². The van der Waals surface area contributed by atoms with Gasteiger partial charge in [0.05, 0.1) is 22.3 Å². The van der Waals surface area contributed by atoms with E-state index in [0.29, 0.717) is 12.1 Å². The first-order valence-corrected chi connectivity index (χ1v) is 10.1. The van der Waals surface area contributed by atoms with E-state index < -0.39 is 12.1 Å². The first-order valence-electron chi connectivity index (χ1n) is 9.29. The number of carbonyl (C=O) groups excluding carboxylic acids is 2. The molecule has 0 fully saturated rings. The van der Waals surface area contributed by atoms with Gasteiger partial charge < -0.3 is 14.2 Å². The van der Waals surface area contributed by atoms with Gasteiger partial charge in [0, 0.05) is 25.0 Å². The summed E-state index contributed by atoms with van der Waals surface area (Å²) in [5.41, 5.74) is 3.29. The number of rotatable bonds is 6. The van der Waals surface area contributed by atoms with Crippen LogP contribution in [0.3, 0.4) is 0 Å². The molecule has 28 heavy (non-hydrogen) atoms. The number of likely N-dealkylation sites (N-methyl/N-ethyl adjacent to an activating group) is 1. The second-order valence-corrected chi connectivity index (χ2v) is 7.96. The van der Waals surface area contributed by atoms with Crippen molar-refractivity contribution in [3.05, 3.63) is 52.3 Å². The monoisotopic (exact) mass is 399 g/mol. The number of fused-ring (bicyclic) bond motifs is 1. The summed E-state index contributed by atoms with van der Waals surface area (Å²) in [7, 11) is 1.70. The molecule has 0 radical (unpaired) electrons. The highest BCUT2D eigenvalue weighted by atomic mass is 32.1. The first kappa shape index (κ1) is 20.1. The third-order valence-corrected chi connectivity index (χ3v) is 5.85. The Hall–Kier alpha value is -2.67. The summed E-state index contributed by atoms with van der Waals surface area (Å²) in [6, 6.07) is 9.68. The summed E-state index contributed by atoms with van der Waals surface area (Å²) in [6.07, 6.45) is -0.864. The van der Waals surface area contributed by atoms with E-state index in [-0.39, 0.29) is 5.91 Å². The second kappa shape index (κ2) is 8.14. The summed E-state index contributed by atoms with van der Waals surface area (Å²) < 4.78 is 8.58. The highest BCUT2D eigenvalue weighted by Gasteiger charge is 2.25. The molecule has 1 unspecified atom stereocenters. The molecule has 3 rings (SSSR count). The molecular formula is C21H25N3O3S. The van der Waals surface area contributed by atoms with E-state index in [0.717, 1.165) is 33.2 Å². The molecule has 1 aromatic carbocycles. The van der Waals surface area contributed by atoms with Gasteiger partial charge in [-0.1, -0.05) is 12.1 Å². The van der Waals surface area contributed by atoms with Gasteiger partial charge in [-0.15, -0.1) is 11.3 Å². The number of aryl methyl sites for hydroxylation is 1. The molecule has 6 nitrogen and oxygen atoms in total. The van der Waals surface area contributed by atoms with E-state index in [4.69, 9.17) is 4.74 Å². The van der Waals surface area contributed by atoms with Gasteiger partial charge in [-0.2, -0.15) is 0 Å². The number of amides is 1. The zero-order chi connectivity index (χ0) is 20.4. The van der Waals surface area contributed by atoms with Crippen LogP contribution in [0.25, 0.3) is 10.2 Å². The van der Waals surface area contributed by atoms with Crippen LogP contribution in [0.2, 0.25) is 0 Å². The number of thiazole rings is 1. The third-order valence-electron chi connectivity index (χ3n) is 4.83. The van der Waals surface area contributed by atoms with Crippen molar-refractivity contribution in [3.8, 4) is 0 Å². The van der Waals surface area contributed by atoms with E-state index in [1.54, 1.807) is 30.2 Å². The van der Waals surface area contributed by atoms with Crippen molar-refractivity contribution in [2.24, 2.45) is 0 Å². The molecule has 1 amide bonds. The number of benzene rings is 1. The first-order chi connectivity index (χ1) is 13.3. The number of para-hydroxylation sites is 1. The van der Waals surface area contributed by atoms with Gasteiger partial charge in [-0.05, 0) is 45.9 Å². The van der Waals surface area contributed by atoms with Crippen LogP contribution in [0.5, 0.6) is 0 Å². The van der Waals surface area contributed by atoms with Crippen molar-refractivity contribution in [1.29, 1.82) is 0 Å². The quantitative estimate of drug-likeness (QED) is 0.589. The zero-order valence-corrected chi connectivity index (χ0v) is 17.7. The Morgan fingerprint density at radius 2 is 2.00 bits per heavy atom. The lowest BCUT2D eigenvalue weighted by atomic mass is 10.2. The maximum Gasteiger partial charge on any atom is 0.340 e. The largest absolute Gasteiger partial charge is 0.449 e. The number of ether oxygens (including phenoxy) is 1. The molecule has 0 N–H and O–H groups in total. The maximum absolute atomic E-state index is 12.7. The van der Waals surface area contributed by atoms with Crippen LogP contribution in [0, 0.1) is 13.8 Å². The Labute approximate surface area is 168 Å². The average molecular weight is 400 g/mol. The number of carbonyl (C=O) groups is 2.